The number of carbonyl (C=O) groups is 1. The maximum atomic E-state index is 12.2. The maximum absolute atomic E-state index is 12.2. The molecule has 0 aromatic heterocycles. The van der Waals surface area contributed by atoms with Crippen molar-refractivity contribution >= 4 is 24.0 Å². The molecule has 0 spiro atoms. The highest BCUT2D eigenvalue weighted by atomic mass is 35.5. The number of benzene rings is 1. The van der Waals surface area contributed by atoms with Crippen molar-refractivity contribution in [2.24, 2.45) is 11.7 Å². The van der Waals surface area contributed by atoms with Crippen molar-refractivity contribution in [2.75, 3.05) is 11.9 Å². The molecule has 0 saturated heterocycles. The lowest BCUT2D eigenvalue weighted by Gasteiger charge is -2.17. The van der Waals surface area contributed by atoms with Gasteiger partial charge in [-0.25, -0.2) is 0 Å². The van der Waals surface area contributed by atoms with Gasteiger partial charge in [-0.15, -0.1) is 12.4 Å². The molecule has 1 aromatic rings. The fourth-order valence-corrected chi connectivity index (χ4v) is 1.91. The van der Waals surface area contributed by atoms with Crippen molar-refractivity contribution in [1.29, 1.82) is 0 Å². The topological polar surface area (TPSA) is 64.4 Å². The third kappa shape index (κ3) is 7.56. The molecule has 132 valence electrons. The average molecular weight is 355 g/mol. The van der Waals surface area contributed by atoms with Crippen molar-refractivity contribution in [3.05, 3.63) is 23.8 Å². The molecule has 4 nitrogen and oxygen atoms in total. The highest BCUT2D eigenvalue weighted by Crippen LogP contribution is 2.27. The van der Waals surface area contributed by atoms with E-state index in [2.05, 4.69) is 5.32 Å². The predicted octanol–water partition coefficient (Wildman–Crippen LogP) is 3.67. The second-order valence-electron chi connectivity index (χ2n) is 5.56. The lowest BCUT2D eigenvalue weighted by molar-refractivity contribution is -0.153. The third-order valence-corrected chi connectivity index (χ3v) is 3.00. The van der Waals surface area contributed by atoms with Crippen LogP contribution in [0.15, 0.2) is 18.2 Å². The molecule has 0 unspecified atom stereocenters. The minimum absolute atomic E-state index is 0. The van der Waals surface area contributed by atoms with Gasteiger partial charge in [0.1, 0.15) is 5.75 Å². The Morgan fingerprint density at radius 2 is 1.96 bits per heavy atom. The van der Waals surface area contributed by atoms with Gasteiger partial charge in [0.05, 0.1) is 6.04 Å². The fraction of sp³-hybridized carbons (Fsp3) is 0.533. The highest BCUT2D eigenvalue weighted by Gasteiger charge is 2.28. The van der Waals surface area contributed by atoms with E-state index in [9.17, 15) is 18.0 Å². The molecule has 1 rings (SSSR count). The monoisotopic (exact) mass is 354 g/mol. The van der Waals surface area contributed by atoms with E-state index in [0.717, 1.165) is 0 Å². The first-order valence-electron chi connectivity index (χ1n) is 6.95. The normalized spacial score (nSPS) is 12.5. The summed E-state index contributed by atoms with van der Waals surface area (Å²) < 4.78 is 41.3. The number of hydrogen-bond acceptors (Lipinski definition) is 3. The van der Waals surface area contributed by atoms with Crippen LogP contribution < -0.4 is 15.8 Å². The van der Waals surface area contributed by atoms with Gasteiger partial charge < -0.3 is 15.8 Å². The van der Waals surface area contributed by atoms with Crippen LogP contribution in [0.5, 0.6) is 5.75 Å². The van der Waals surface area contributed by atoms with E-state index in [1.54, 1.807) is 13.0 Å². The van der Waals surface area contributed by atoms with Crippen LogP contribution in [0.4, 0.5) is 18.9 Å². The number of carbonyl (C=O) groups excluding carboxylic acids is 1. The van der Waals surface area contributed by atoms with E-state index in [0.29, 0.717) is 17.7 Å². The number of halogens is 4. The Balaban J connectivity index is 0.00000484. The Labute approximate surface area is 140 Å². The summed E-state index contributed by atoms with van der Waals surface area (Å²) in [4.78, 5) is 12.0. The highest BCUT2D eigenvalue weighted by molar-refractivity contribution is 5.95. The molecule has 1 amide bonds. The molecular weight excluding hydrogens is 333 g/mol. The summed E-state index contributed by atoms with van der Waals surface area (Å²) in [6, 6.07) is 3.86. The maximum Gasteiger partial charge on any atom is 0.422 e. The first-order valence-corrected chi connectivity index (χ1v) is 6.95. The molecule has 0 radical (unpaired) electrons. The van der Waals surface area contributed by atoms with Crippen LogP contribution in [0.3, 0.4) is 0 Å². The first kappa shape index (κ1) is 21.5. The van der Waals surface area contributed by atoms with Crippen molar-refractivity contribution in [2.45, 2.75) is 39.4 Å². The van der Waals surface area contributed by atoms with E-state index in [1.807, 2.05) is 13.8 Å². The standard InChI is InChI=1S/C15H21F3N2O2.ClH/c1-9(2)7-11(19)14(21)20-12-5-4-6-13(10(12)3)22-8-15(16,17)18;/h4-6,9,11H,7-8,19H2,1-3H3,(H,20,21);1H/t11-;/m0./s1. The lowest BCUT2D eigenvalue weighted by atomic mass is 10.0. The molecular formula is C15H22ClF3N2O2. The number of amides is 1. The number of hydrogen-bond donors (Lipinski definition) is 2. The second-order valence-corrected chi connectivity index (χ2v) is 5.56. The van der Waals surface area contributed by atoms with Crippen LogP contribution in [0, 0.1) is 12.8 Å². The van der Waals surface area contributed by atoms with Gasteiger partial charge in [0, 0.05) is 11.3 Å². The van der Waals surface area contributed by atoms with Gasteiger partial charge in [-0.3, -0.25) is 4.79 Å². The van der Waals surface area contributed by atoms with Gasteiger partial charge in [0.25, 0.3) is 0 Å². The first-order chi connectivity index (χ1) is 10.1. The van der Waals surface area contributed by atoms with E-state index < -0.39 is 18.8 Å². The molecule has 0 fully saturated rings. The number of rotatable bonds is 6. The molecule has 3 N–H and O–H groups in total. The number of ether oxygens (including phenoxy) is 1. The van der Waals surface area contributed by atoms with Crippen LogP contribution >= 0.6 is 12.4 Å². The zero-order valence-corrected chi connectivity index (χ0v) is 14.1. The summed E-state index contributed by atoms with van der Waals surface area (Å²) in [6.45, 7) is 4.10. The molecule has 0 saturated carbocycles. The summed E-state index contributed by atoms with van der Waals surface area (Å²) in [7, 11) is 0. The number of anilines is 1. The molecule has 1 atom stereocenters. The van der Waals surface area contributed by atoms with Crippen molar-refractivity contribution in [3.63, 3.8) is 0 Å². The molecule has 8 heteroatoms. The van der Waals surface area contributed by atoms with E-state index in [1.165, 1.54) is 12.1 Å². The van der Waals surface area contributed by atoms with Gasteiger partial charge >= 0.3 is 6.18 Å². The van der Waals surface area contributed by atoms with E-state index in [4.69, 9.17) is 10.5 Å². The minimum atomic E-state index is -4.41. The zero-order chi connectivity index (χ0) is 16.9. The molecule has 0 aliphatic carbocycles. The Morgan fingerprint density at radius 1 is 1.35 bits per heavy atom. The van der Waals surface area contributed by atoms with Gasteiger partial charge in [-0.1, -0.05) is 19.9 Å². The fourth-order valence-electron chi connectivity index (χ4n) is 1.91. The third-order valence-electron chi connectivity index (χ3n) is 3.00. The SMILES string of the molecule is Cc1c(NC(=O)[C@@H](N)CC(C)C)cccc1OCC(F)(F)F.Cl. The van der Waals surface area contributed by atoms with Gasteiger partial charge in [0.2, 0.25) is 5.91 Å². The average Bonchev–Trinajstić information content (AvgIpc) is 2.37. The Hall–Kier alpha value is -1.47. The van der Waals surface area contributed by atoms with Crippen molar-refractivity contribution < 1.29 is 22.7 Å². The predicted molar refractivity (Wildman–Crippen MR) is 86.0 cm³/mol. The van der Waals surface area contributed by atoms with Crippen LogP contribution in [0.1, 0.15) is 25.8 Å². The summed E-state index contributed by atoms with van der Waals surface area (Å²) in [5.41, 5.74) is 6.60. The van der Waals surface area contributed by atoms with Crippen molar-refractivity contribution in [1.82, 2.24) is 0 Å². The molecule has 0 heterocycles. The molecule has 0 aliphatic heterocycles. The van der Waals surface area contributed by atoms with E-state index in [-0.39, 0.29) is 30.0 Å². The van der Waals surface area contributed by atoms with Crippen LogP contribution in [0.2, 0.25) is 0 Å². The molecule has 0 bridgehead atoms. The van der Waals surface area contributed by atoms with Gasteiger partial charge in [-0.05, 0) is 31.4 Å². The van der Waals surface area contributed by atoms with Gasteiger partial charge in [0.15, 0.2) is 6.61 Å². The Morgan fingerprint density at radius 3 is 2.48 bits per heavy atom. The summed E-state index contributed by atoms with van der Waals surface area (Å²) in [5.74, 6) is -0.0272. The number of nitrogens with two attached hydrogens (primary N) is 1. The molecule has 23 heavy (non-hydrogen) atoms. The summed E-state index contributed by atoms with van der Waals surface area (Å²) in [6.07, 6.45) is -3.89. The smallest absolute Gasteiger partial charge is 0.422 e. The van der Waals surface area contributed by atoms with E-state index >= 15 is 0 Å². The lowest BCUT2D eigenvalue weighted by Crippen LogP contribution is -2.36. The largest absolute Gasteiger partial charge is 0.484 e. The number of alkyl halides is 3. The Kier molecular flexibility index (Phi) is 8.41. The van der Waals surface area contributed by atoms with Crippen LogP contribution in [-0.2, 0) is 4.79 Å². The van der Waals surface area contributed by atoms with Crippen LogP contribution in [0.25, 0.3) is 0 Å². The second kappa shape index (κ2) is 8.98. The summed E-state index contributed by atoms with van der Waals surface area (Å²) >= 11 is 0. The minimum Gasteiger partial charge on any atom is -0.484 e. The van der Waals surface area contributed by atoms with Gasteiger partial charge in [-0.2, -0.15) is 13.2 Å². The molecule has 0 aliphatic rings. The van der Waals surface area contributed by atoms with Crippen LogP contribution in [-0.4, -0.2) is 24.7 Å². The number of nitrogens with one attached hydrogen (secondary N) is 1. The zero-order valence-electron chi connectivity index (χ0n) is 13.2. The Bertz CT molecular complexity index is 522. The quantitative estimate of drug-likeness (QED) is 0.819. The van der Waals surface area contributed by atoms with Crippen molar-refractivity contribution in [3.8, 4) is 5.75 Å². The molecule has 1 aromatic carbocycles. The summed E-state index contributed by atoms with van der Waals surface area (Å²) in [5, 5.41) is 2.63.